The fraction of sp³-hybridized carbons (Fsp3) is 0.263. The van der Waals surface area contributed by atoms with Crippen LogP contribution in [0.5, 0.6) is 5.75 Å². The summed E-state index contributed by atoms with van der Waals surface area (Å²) in [5, 5.41) is 24.1. The number of benzene rings is 2. The molecule has 0 saturated heterocycles. The Morgan fingerprint density at radius 1 is 1.04 bits per heavy atom. The molecule has 1 unspecified atom stereocenters. The molecule has 0 saturated carbocycles. The van der Waals surface area contributed by atoms with Gasteiger partial charge in [-0.15, -0.1) is 0 Å². The molecule has 7 nitrogen and oxygen atoms in total. The maximum atomic E-state index is 12.1. The molecule has 2 amide bonds. The molecular weight excluding hydrogens is 347 g/mol. The first-order valence-corrected chi connectivity index (χ1v) is 8.57. The molecule has 4 N–H and O–H groups in total. The van der Waals surface area contributed by atoms with Crippen molar-refractivity contribution in [2.45, 2.75) is 25.3 Å². The van der Waals surface area contributed by atoms with E-state index in [9.17, 15) is 19.6 Å². The van der Waals surface area contributed by atoms with E-state index in [0.717, 1.165) is 11.1 Å². The molecule has 2 rings (SSSR count). The van der Waals surface area contributed by atoms with Gasteiger partial charge in [0.05, 0.1) is 13.1 Å². The van der Waals surface area contributed by atoms with Crippen LogP contribution in [-0.4, -0.2) is 42.0 Å². The Balaban J connectivity index is 1.82. The number of rotatable bonds is 9. The van der Waals surface area contributed by atoms with Crippen molar-refractivity contribution in [3.63, 3.8) is 0 Å². The SMILES string of the molecule is COc1cccc(CNC(=O)CC(=O)NC(Cc2ccccc2)B(O)O)c1. The van der Waals surface area contributed by atoms with E-state index in [1.807, 2.05) is 42.5 Å². The standard InChI is InChI=1S/C19H23BN2O5/c1-27-16-9-5-8-15(10-16)13-21-18(23)12-19(24)22-17(20(25)26)11-14-6-3-2-4-7-14/h2-10,17,25-26H,11-13H2,1H3,(H,21,23)(H,22,24). The summed E-state index contributed by atoms with van der Waals surface area (Å²) >= 11 is 0. The summed E-state index contributed by atoms with van der Waals surface area (Å²) in [6.07, 6.45) is -0.155. The van der Waals surface area contributed by atoms with Gasteiger partial charge in [0.1, 0.15) is 12.2 Å². The smallest absolute Gasteiger partial charge is 0.475 e. The van der Waals surface area contributed by atoms with E-state index in [1.54, 1.807) is 19.2 Å². The Morgan fingerprint density at radius 2 is 1.74 bits per heavy atom. The number of nitrogens with one attached hydrogen (secondary N) is 2. The van der Waals surface area contributed by atoms with Gasteiger partial charge in [-0.3, -0.25) is 9.59 Å². The van der Waals surface area contributed by atoms with Crippen LogP contribution in [0.4, 0.5) is 0 Å². The van der Waals surface area contributed by atoms with Crippen LogP contribution in [0.25, 0.3) is 0 Å². The summed E-state index contributed by atoms with van der Waals surface area (Å²) in [7, 11) is -0.169. The number of methoxy groups -OCH3 is 1. The first-order chi connectivity index (χ1) is 13.0. The van der Waals surface area contributed by atoms with Crippen molar-refractivity contribution in [1.82, 2.24) is 10.6 Å². The number of hydrogen-bond donors (Lipinski definition) is 4. The Morgan fingerprint density at radius 3 is 2.41 bits per heavy atom. The molecule has 0 bridgehead atoms. The Hall–Kier alpha value is -2.84. The Bertz CT molecular complexity index is 755. The van der Waals surface area contributed by atoms with Crippen LogP contribution < -0.4 is 15.4 Å². The fourth-order valence-electron chi connectivity index (χ4n) is 2.55. The highest BCUT2D eigenvalue weighted by atomic mass is 16.5. The van der Waals surface area contributed by atoms with E-state index in [-0.39, 0.29) is 13.0 Å². The number of carbonyl (C=O) groups is 2. The van der Waals surface area contributed by atoms with Gasteiger partial charge in [-0.25, -0.2) is 0 Å². The van der Waals surface area contributed by atoms with Gasteiger partial charge in [0.25, 0.3) is 0 Å². The second-order valence-electron chi connectivity index (χ2n) is 6.08. The van der Waals surface area contributed by atoms with Gasteiger partial charge in [-0.2, -0.15) is 0 Å². The minimum absolute atomic E-state index is 0.246. The highest BCUT2D eigenvalue weighted by molar-refractivity contribution is 6.43. The van der Waals surface area contributed by atoms with Crippen LogP contribution in [0, 0.1) is 0 Å². The van der Waals surface area contributed by atoms with E-state index >= 15 is 0 Å². The number of ether oxygens (including phenoxy) is 1. The van der Waals surface area contributed by atoms with Crippen LogP contribution in [0.15, 0.2) is 54.6 Å². The van der Waals surface area contributed by atoms with Crippen molar-refractivity contribution >= 4 is 18.9 Å². The Labute approximate surface area is 158 Å². The zero-order valence-electron chi connectivity index (χ0n) is 15.1. The molecular formula is C19H23BN2O5. The van der Waals surface area contributed by atoms with Crippen molar-refractivity contribution in [3.05, 3.63) is 65.7 Å². The van der Waals surface area contributed by atoms with Crippen molar-refractivity contribution in [2.24, 2.45) is 0 Å². The molecule has 2 aromatic carbocycles. The lowest BCUT2D eigenvalue weighted by Crippen LogP contribution is -2.48. The average molecular weight is 370 g/mol. The third-order valence-electron chi connectivity index (χ3n) is 3.95. The number of amides is 2. The van der Waals surface area contributed by atoms with Crippen LogP contribution in [0.1, 0.15) is 17.5 Å². The van der Waals surface area contributed by atoms with Crippen molar-refractivity contribution in [3.8, 4) is 5.75 Å². The highest BCUT2D eigenvalue weighted by Gasteiger charge is 2.26. The Kier molecular flexibility index (Phi) is 7.85. The van der Waals surface area contributed by atoms with Crippen LogP contribution in [0.2, 0.25) is 0 Å². The zero-order chi connectivity index (χ0) is 19.6. The van der Waals surface area contributed by atoms with E-state index in [4.69, 9.17) is 4.74 Å². The lowest BCUT2D eigenvalue weighted by molar-refractivity contribution is -0.129. The summed E-state index contributed by atoms with van der Waals surface area (Å²) in [6, 6.07) is 16.4. The van der Waals surface area contributed by atoms with E-state index < -0.39 is 31.3 Å². The van der Waals surface area contributed by atoms with Crippen LogP contribution in [-0.2, 0) is 22.6 Å². The molecule has 0 spiro atoms. The molecule has 27 heavy (non-hydrogen) atoms. The maximum absolute atomic E-state index is 12.1. The molecule has 8 heteroatoms. The van der Waals surface area contributed by atoms with Gasteiger partial charge >= 0.3 is 7.12 Å². The first-order valence-electron chi connectivity index (χ1n) is 8.57. The molecule has 0 aliphatic carbocycles. The van der Waals surface area contributed by atoms with Crippen molar-refractivity contribution in [1.29, 1.82) is 0 Å². The summed E-state index contributed by atoms with van der Waals surface area (Å²) in [5.74, 6) is -1.25. The third-order valence-corrected chi connectivity index (χ3v) is 3.95. The normalized spacial score (nSPS) is 11.4. The molecule has 0 radical (unpaired) electrons. The molecule has 2 aromatic rings. The molecule has 142 valence electrons. The molecule has 0 aliphatic heterocycles. The second-order valence-corrected chi connectivity index (χ2v) is 6.08. The molecule has 0 fully saturated rings. The van der Waals surface area contributed by atoms with E-state index in [1.165, 1.54) is 0 Å². The lowest BCUT2D eigenvalue weighted by atomic mass is 9.76. The number of hydrogen-bond acceptors (Lipinski definition) is 5. The van der Waals surface area contributed by atoms with Gasteiger partial charge < -0.3 is 25.4 Å². The topological polar surface area (TPSA) is 108 Å². The third kappa shape index (κ3) is 7.12. The van der Waals surface area contributed by atoms with Crippen LogP contribution in [0.3, 0.4) is 0 Å². The maximum Gasteiger partial charge on any atom is 0.475 e. The minimum Gasteiger partial charge on any atom is -0.497 e. The van der Waals surface area contributed by atoms with Crippen molar-refractivity contribution in [2.75, 3.05) is 7.11 Å². The summed E-state index contributed by atoms with van der Waals surface area (Å²) in [6.45, 7) is 0.263. The van der Waals surface area contributed by atoms with E-state index in [0.29, 0.717) is 5.75 Å². The summed E-state index contributed by atoms with van der Waals surface area (Å²) in [5.41, 5.74) is 1.69. The monoisotopic (exact) mass is 370 g/mol. The minimum atomic E-state index is -1.73. The quantitative estimate of drug-likeness (QED) is 0.379. The van der Waals surface area contributed by atoms with E-state index in [2.05, 4.69) is 10.6 Å². The fourth-order valence-corrected chi connectivity index (χ4v) is 2.55. The second kappa shape index (κ2) is 10.3. The van der Waals surface area contributed by atoms with Gasteiger partial charge in [-0.05, 0) is 29.7 Å². The lowest BCUT2D eigenvalue weighted by Gasteiger charge is -2.18. The zero-order valence-corrected chi connectivity index (χ0v) is 15.1. The van der Waals surface area contributed by atoms with Gasteiger partial charge in [0.15, 0.2) is 0 Å². The van der Waals surface area contributed by atoms with Gasteiger partial charge in [-0.1, -0.05) is 42.5 Å². The summed E-state index contributed by atoms with van der Waals surface area (Å²) < 4.78 is 5.12. The molecule has 0 aliphatic rings. The van der Waals surface area contributed by atoms with Gasteiger partial charge in [0, 0.05) is 6.54 Å². The molecule has 1 atom stereocenters. The van der Waals surface area contributed by atoms with Gasteiger partial charge in [0.2, 0.25) is 11.8 Å². The average Bonchev–Trinajstić information content (AvgIpc) is 2.66. The number of carbonyl (C=O) groups excluding carboxylic acids is 2. The largest absolute Gasteiger partial charge is 0.497 e. The van der Waals surface area contributed by atoms with Crippen LogP contribution >= 0.6 is 0 Å². The highest BCUT2D eigenvalue weighted by Crippen LogP contribution is 2.12. The predicted octanol–water partition coefficient (Wildman–Crippen LogP) is 0.441. The first kappa shape index (κ1) is 20.5. The summed E-state index contributed by atoms with van der Waals surface area (Å²) in [4.78, 5) is 24.0. The molecule has 0 heterocycles. The van der Waals surface area contributed by atoms with Crippen molar-refractivity contribution < 1.29 is 24.4 Å². The predicted molar refractivity (Wildman–Crippen MR) is 102 cm³/mol. The molecule has 0 aromatic heterocycles.